The quantitative estimate of drug-likeness (QED) is 0.782. The van der Waals surface area contributed by atoms with Crippen molar-refractivity contribution < 1.29 is 4.84 Å². The van der Waals surface area contributed by atoms with Gasteiger partial charge in [0, 0.05) is 0 Å². The highest BCUT2D eigenvalue weighted by atomic mass is 16.7. The predicted octanol–water partition coefficient (Wildman–Crippen LogP) is 3.52. The van der Waals surface area contributed by atoms with Crippen molar-refractivity contribution in [2.75, 3.05) is 0 Å². The number of hydrogen-bond donors (Lipinski definition) is 1. The summed E-state index contributed by atoms with van der Waals surface area (Å²) >= 11 is 0. The first-order valence-corrected chi connectivity index (χ1v) is 6.24. The lowest BCUT2D eigenvalue weighted by Gasteiger charge is -2.19. The first-order chi connectivity index (χ1) is 7.77. The normalized spacial score (nSPS) is 18.9. The van der Waals surface area contributed by atoms with Crippen LogP contribution < -0.4 is 5.48 Å². The fourth-order valence-corrected chi connectivity index (χ4v) is 2.34. The summed E-state index contributed by atoms with van der Waals surface area (Å²) < 4.78 is 0. The third-order valence-electron chi connectivity index (χ3n) is 3.37. The zero-order valence-corrected chi connectivity index (χ0v) is 10.2. The van der Waals surface area contributed by atoms with Crippen molar-refractivity contribution in [3.05, 3.63) is 35.4 Å². The Hall–Kier alpha value is -0.860. The molecule has 0 heterocycles. The smallest absolute Gasteiger partial charge is 0.0790 e. The minimum Gasteiger partial charge on any atom is -0.298 e. The van der Waals surface area contributed by atoms with Crippen LogP contribution in [0.4, 0.5) is 0 Å². The zero-order valence-electron chi connectivity index (χ0n) is 10.2. The second-order valence-electron chi connectivity index (χ2n) is 4.72. The van der Waals surface area contributed by atoms with Crippen molar-refractivity contribution in [3.63, 3.8) is 0 Å². The van der Waals surface area contributed by atoms with Crippen molar-refractivity contribution in [2.45, 2.75) is 51.7 Å². The molecule has 0 radical (unpaired) electrons. The largest absolute Gasteiger partial charge is 0.298 e. The average Bonchev–Trinajstić information content (AvgIpc) is 2.79. The number of benzene rings is 1. The Kier molecular flexibility index (Phi) is 3.97. The Morgan fingerprint density at radius 2 is 1.94 bits per heavy atom. The molecule has 0 aromatic heterocycles. The molecule has 2 rings (SSSR count). The van der Waals surface area contributed by atoms with E-state index < -0.39 is 0 Å². The van der Waals surface area contributed by atoms with Gasteiger partial charge in [-0.1, -0.05) is 37.1 Å². The van der Waals surface area contributed by atoms with Gasteiger partial charge in [-0.05, 0) is 37.8 Å². The van der Waals surface area contributed by atoms with Crippen molar-refractivity contribution in [1.82, 2.24) is 5.48 Å². The van der Waals surface area contributed by atoms with E-state index >= 15 is 0 Å². The van der Waals surface area contributed by atoms with E-state index in [1.807, 2.05) is 0 Å². The van der Waals surface area contributed by atoms with Crippen molar-refractivity contribution >= 4 is 0 Å². The van der Waals surface area contributed by atoms with Crippen LogP contribution in [0, 0.1) is 6.92 Å². The highest BCUT2D eigenvalue weighted by Crippen LogP contribution is 2.22. The molecule has 16 heavy (non-hydrogen) atoms. The van der Waals surface area contributed by atoms with E-state index in [0.717, 1.165) is 0 Å². The monoisotopic (exact) mass is 219 g/mol. The summed E-state index contributed by atoms with van der Waals surface area (Å²) in [6, 6.07) is 8.72. The van der Waals surface area contributed by atoms with Gasteiger partial charge in [0.2, 0.25) is 0 Å². The van der Waals surface area contributed by atoms with Crippen LogP contribution in [0.2, 0.25) is 0 Å². The Morgan fingerprint density at radius 1 is 1.25 bits per heavy atom. The van der Waals surface area contributed by atoms with Gasteiger partial charge in [-0.3, -0.25) is 4.84 Å². The minimum atomic E-state index is 0.266. The summed E-state index contributed by atoms with van der Waals surface area (Å²) in [5.41, 5.74) is 5.82. The molecule has 0 saturated heterocycles. The standard InChI is InChI=1S/C14H21NO/c1-11-7-3-6-10-14(11)12(2)15-16-13-8-4-5-9-13/h3,6-7,10,12-13,15H,4-5,8-9H2,1-2H3. The van der Waals surface area contributed by atoms with Crippen LogP contribution in [0.25, 0.3) is 0 Å². The van der Waals surface area contributed by atoms with E-state index in [4.69, 9.17) is 4.84 Å². The molecule has 0 amide bonds. The van der Waals surface area contributed by atoms with Gasteiger partial charge >= 0.3 is 0 Å². The predicted molar refractivity (Wildman–Crippen MR) is 66.1 cm³/mol. The first-order valence-electron chi connectivity index (χ1n) is 6.24. The molecule has 1 saturated carbocycles. The molecule has 2 heteroatoms. The summed E-state index contributed by atoms with van der Waals surface area (Å²) in [6.45, 7) is 4.29. The Labute approximate surface area is 98.0 Å². The Bertz CT molecular complexity index is 331. The van der Waals surface area contributed by atoms with Crippen molar-refractivity contribution in [3.8, 4) is 0 Å². The number of hydroxylamine groups is 1. The molecule has 0 spiro atoms. The van der Waals surface area contributed by atoms with E-state index in [9.17, 15) is 0 Å². The molecule has 1 aromatic carbocycles. The SMILES string of the molecule is Cc1ccccc1C(C)NOC1CCCC1. The zero-order chi connectivity index (χ0) is 11.4. The molecule has 88 valence electrons. The molecule has 2 nitrogen and oxygen atoms in total. The number of rotatable bonds is 4. The summed E-state index contributed by atoms with van der Waals surface area (Å²) in [7, 11) is 0. The van der Waals surface area contributed by atoms with Crippen LogP contribution >= 0.6 is 0 Å². The number of hydrogen-bond acceptors (Lipinski definition) is 2. The van der Waals surface area contributed by atoms with Gasteiger partial charge in [0.25, 0.3) is 0 Å². The first kappa shape index (κ1) is 11.6. The third kappa shape index (κ3) is 2.83. The van der Waals surface area contributed by atoms with Crippen molar-refractivity contribution in [2.24, 2.45) is 0 Å². The van der Waals surface area contributed by atoms with Crippen LogP contribution in [-0.4, -0.2) is 6.10 Å². The summed E-state index contributed by atoms with van der Waals surface area (Å²) in [5, 5.41) is 0. The lowest BCUT2D eigenvalue weighted by molar-refractivity contribution is -0.0377. The number of nitrogens with one attached hydrogen (secondary N) is 1. The molecule has 1 aliphatic rings. The maximum absolute atomic E-state index is 5.72. The van der Waals surface area contributed by atoms with Crippen LogP contribution in [0.5, 0.6) is 0 Å². The molecule has 0 aliphatic heterocycles. The molecule has 1 atom stereocenters. The lowest BCUT2D eigenvalue weighted by atomic mass is 10.0. The summed E-state index contributed by atoms with van der Waals surface area (Å²) in [6.07, 6.45) is 5.45. The minimum absolute atomic E-state index is 0.266. The number of aryl methyl sites for hydroxylation is 1. The maximum Gasteiger partial charge on any atom is 0.0790 e. The summed E-state index contributed by atoms with van der Waals surface area (Å²) in [4.78, 5) is 5.72. The molecule has 1 fully saturated rings. The highest BCUT2D eigenvalue weighted by molar-refractivity contribution is 5.27. The van der Waals surface area contributed by atoms with Crippen LogP contribution in [-0.2, 0) is 4.84 Å². The molecule has 1 N–H and O–H groups in total. The van der Waals surface area contributed by atoms with E-state index in [0.29, 0.717) is 6.10 Å². The van der Waals surface area contributed by atoms with Crippen LogP contribution in [0.3, 0.4) is 0 Å². The molecule has 1 unspecified atom stereocenters. The van der Waals surface area contributed by atoms with Gasteiger partial charge in [-0.15, -0.1) is 0 Å². The lowest BCUT2D eigenvalue weighted by Crippen LogP contribution is -2.25. The topological polar surface area (TPSA) is 21.3 Å². The van der Waals surface area contributed by atoms with Gasteiger partial charge < -0.3 is 0 Å². The van der Waals surface area contributed by atoms with Gasteiger partial charge in [-0.25, -0.2) is 0 Å². The second kappa shape index (κ2) is 5.46. The molecular formula is C14H21NO. The fourth-order valence-electron chi connectivity index (χ4n) is 2.34. The molecular weight excluding hydrogens is 198 g/mol. The van der Waals surface area contributed by atoms with Gasteiger partial charge in [0.15, 0.2) is 0 Å². The van der Waals surface area contributed by atoms with Gasteiger partial charge in [-0.2, -0.15) is 5.48 Å². The Morgan fingerprint density at radius 3 is 2.62 bits per heavy atom. The van der Waals surface area contributed by atoms with E-state index in [1.165, 1.54) is 36.8 Å². The van der Waals surface area contributed by atoms with Crippen LogP contribution in [0.15, 0.2) is 24.3 Å². The summed E-state index contributed by atoms with van der Waals surface area (Å²) in [5.74, 6) is 0. The van der Waals surface area contributed by atoms with E-state index in [2.05, 4.69) is 43.6 Å². The van der Waals surface area contributed by atoms with E-state index in [-0.39, 0.29) is 6.04 Å². The second-order valence-corrected chi connectivity index (χ2v) is 4.72. The fraction of sp³-hybridized carbons (Fsp3) is 0.571. The maximum atomic E-state index is 5.72. The third-order valence-corrected chi connectivity index (χ3v) is 3.37. The van der Waals surface area contributed by atoms with Gasteiger partial charge in [0.1, 0.15) is 0 Å². The van der Waals surface area contributed by atoms with Gasteiger partial charge in [0.05, 0.1) is 12.1 Å². The molecule has 1 aliphatic carbocycles. The van der Waals surface area contributed by atoms with E-state index in [1.54, 1.807) is 0 Å². The average molecular weight is 219 g/mol. The van der Waals surface area contributed by atoms with Crippen molar-refractivity contribution in [1.29, 1.82) is 0 Å². The highest BCUT2D eigenvalue weighted by Gasteiger charge is 2.17. The van der Waals surface area contributed by atoms with Crippen LogP contribution in [0.1, 0.15) is 49.8 Å². The molecule has 1 aromatic rings. The molecule has 0 bridgehead atoms. The Balaban J connectivity index is 1.87.